The van der Waals surface area contributed by atoms with E-state index < -0.39 is 6.04 Å². The highest BCUT2D eigenvalue weighted by Gasteiger charge is 2.30. The lowest BCUT2D eigenvalue weighted by Gasteiger charge is -2.26. The van der Waals surface area contributed by atoms with Crippen molar-refractivity contribution in [1.29, 1.82) is 0 Å². The molecule has 136 valence electrons. The average molecular weight is 348 g/mol. The Morgan fingerprint density at radius 1 is 1.24 bits per heavy atom. The fraction of sp³-hybridized carbons (Fsp3) is 0.556. The molecule has 1 aromatic rings. The van der Waals surface area contributed by atoms with E-state index in [0.29, 0.717) is 12.0 Å². The van der Waals surface area contributed by atoms with E-state index in [2.05, 4.69) is 16.2 Å². The number of benzene rings is 1. The van der Waals surface area contributed by atoms with Gasteiger partial charge in [0, 0.05) is 19.1 Å². The van der Waals surface area contributed by atoms with Gasteiger partial charge in [-0.25, -0.2) is 15.2 Å². The predicted molar refractivity (Wildman–Crippen MR) is 92.0 cm³/mol. The van der Waals surface area contributed by atoms with Crippen molar-refractivity contribution in [3.05, 3.63) is 35.1 Å². The van der Waals surface area contributed by atoms with Crippen molar-refractivity contribution in [3.8, 4) is 0 Å². The molecule has 2 aliphatic rings. The van der Waals surface area contributed by atoms with Crippen molar-refractivity contribution in [2.24, 2.45) is 0 Å². The van der Waals surface area contributed by atoms with Crippen LogP contribution >= 0.6 is 0 Å². The van der Waals surface area contributed by atoms with E-state index in [0.717, 1.165) is 37.9 Å². The van der Waals surface area contributed by atoms with Crippen LogP contribution in [-0.4, -0.2) is 42.4 Å². The molecule has 2 amide bonds. The van der Waals surface area contributed by atoms with E-state index in [1.54, 1.807) is 19.1 Å². The number of carbonyl (C=O) groups is 2. The molecule has 0 saturated carbocycles. The third-order valence-corrected chi connectivity index (χ3v) is 4.93. The monoisotopic (exact) mass is 348 g/mol. The molecule has 3 rings (SSSR count). The second kappa shape index (κ2) is 7.93. The van der Waals surface area contributed by atoms with E-state index >= 15 is 0 Å². The predicted octanol–water partition coefficient (Wildman–Crippen LogP) is 1.17. The van der Waals surface area contributed by atoms with Crippen LogP contribution < -0.4 is 16.2 Å². The molecule has 1 aromatic carbocycles. The number of piperidine rings is 1. The van der Waals surface area contributed by atoms with Crippen LogP contribution in [0.2, 0.25) is 0 Å². The minimum atomic E-state index is -0.412. The Kier molecular flexibility index (Phi) is 5.65. The Bertz CT molecular complexity index is 646. The van der Waals surface area contributed by atoms with Crippen LogP contribution in [0.25, 0.3) is 0 Å². The Morgan fingerprint density at radius 3 is 2.72 bits per heavy atom. The summed E-state index contributed by atoms with van der Waals surface area (Å²) in [4.78, 5) is 26.2. The number of rotatable bonds is 4. The molecule has 2 fully saturated rings. The number of halogens is 1. The summed E-state index contributed by atoms with van der Waals surface area (Å²) in [6, 6.07) is 4.48. The Balaban J connectivity index is 1.48. The van der Waals surface area contributed by atoms with Crippen LogP contribution in [0.4, 0.5) is 4.39 Å². The fourth-order valence-corrected chi connectivity index (χ4v) is 3.37. The number of aryl methyl sites for hydroxylation is 1. The number of amides is 2. The number of hydrogen-bond donors (Lipinski definition) is 3. The van der Waals surface area contributed by atoms with Crippen molar-refractivity contribution in [2.75, 3.05) is 19.6 Å². The zero-order valence-electron chi connectivity index (χ0n) is 14.5. The van der Waals surface area contributed by atoms with Gasteiger partial charge in [-0.15, -0.1) is 0 Å². The van der Waals surface area contributed by atoms with Crippen LogP contribution in [0.15, 0.2) is 18.2 Å². The Hall–Kier alpha value is -1.99. The van der Waals surface area contributed by atoms with Gasteiger partial charge in [0.2, 0.25) is 11.8 Å². The highest BCUT2D eigenvalue weighted by atomic mass is 19.1. The number of carbonyl (C=O) groups excluding carboxylic acids is 2. The fourth-order valence-electron chi connectivity index (χ4n) is 3.37. The zero-order chi connectivity index (χ0) is 17.8. The van der Waals surface area contributed by atoms with Gasteiger partial charge >= 0.3 is 0 Å². The van der Waals surface area contributed by atoms with E-state index in [9.17, 15) is 14.0 Å². The van der Waals surface area contributed by atoms with Gasteiger partial charge in [0.05, 0.1) is 6.54 Å². The van der Waals surface area contributed by atoms with Crippen molar-refractivity contribution in [2.45, 2.75) is 44.7 Å². The molecule has 2 heterocycles. The molecule has 0 spiro atoms. The molecule has 0 radical (unpaired) electrons. The number of hydrazine groups is 1. The summed E-state index contributed by atoms with van der Waals surface area (Å²) in [6.45, 7) is 3.32. The summed E-state index contributed by atoms with van der Waals surface area (Å²) in [6.07, 6.45) is 3.78. The lowest BCUT2D eigenvalue weighted by molar-refractivity contribution is -0.134. The third-order valence-electron chi connectivity index (χ3n) is 4.93. The smallest absolute Gasteiger partial charge is 0.241 e. The van der Waals surface area contributed by atoms with Crippen LogP contribution in [0.1, 0.15) is 42.9 Å². The highest BCUT2D eigenvalue weighted by molar-refractivity contribution is 5.87. The van der Waals surface area contributed by atoms with E-state index in [1.165, 1.54) is 6.07 Å². The maximum atomic E-state index is 13.4. The zero-order valence-corrected chi connectivity index (χ0v) is 14.5. The third kappa shape index (κ3) is 4.35. The number of hydrogen-bond acceptors (Lipinski definition) is 4. The maximum Gasteiger partial charge on any atom is 0.241 e. The summed E-state index contributed by atoms with van der Waals surface area (Å²) >= 11 is 0. The van der Waals surface area contributed by atoms with E-state index in [-0.39, 0.29) is 30.2 Å². The molecular weight excluding hydrogens is 323 g/mol. The summed E-state index contributed by atoms with van der Waals surface area (Å²) in [7, 11) is 0. The van der Waals surface area contributed by atoms with Gasteiger partial charge < -0.3 is 10.2 Å². The standard InChI is InChI=1S/C18H25FN4O2/c1-12-9-13(5-6-14(12)19)15-10-16(22-21-15)18(25)20-11-17(24)23-7-3-2-4-8-23/h5-6,9,15-16,21-22H,2-4,7-8,10-11H2,1H3,(H,20,25). The number of likely N-dealkylation sites (tertiary alicyclic amines) is 1. The number of nitrogens with zero attached hydrogens (tertiary/aromatic N) is 1. The summed E-state index contributed by atoms with van der Waals surface area (Å²) in [5.74, 6) is -0.455. The molecule has 2 saturated heterocycles. The molecule has 0 aromatic heterocycles. The minimum absolute atomic E-state index is 0.0234. The van der Waals surface area contributed by atoms with Gasteiger partial charge in [0.15, 0.2) is 0 Å². The maximum absolute atomic E-state index is 13.4. The second-order valence-corrected chi connectivity index (χ2v) is 6.80. The van der Waals surface area contributed by atoms with Crippen molar-refractivity contribution in [1.82, 2.24) is 21.1 Å². The van der Waals surface area contributed by atoms with E-state index in [4.69, 9.17) is 0 Å². The SMILES string of the molecule is Cc1cc(C2CC(C(=O)NCC(=O)N3CCCCC3)NN2)ccc1F. The normalized spacial score (nSPS) is 23.5. The van der Waals surface area contributed by atoms with E-state index in [1.807, 2.05) is 4.90 Å². The van der Waals surface area contributed by atoms with Crippen LogP contribution in [-0.2, 0) is 9.59 Å². The van der Waals surface area contributed by atoms with Gasteiger partial charge in [-0.2, -0.15) is 0 Å². The van der Waals surface area contributed by atoms with Crippen LogP contribution in [0.3, 0.4) is 0 Å². The van der Waals surface area contributed by atoms with Gasteiger partial charge in [0.25, 0.3) is 0 Å². The molecule has 0 bridgehead atoms. The topological polar surface area (TPSA) is 73.5 Å². The van der Waals surface area contributed by atoms with Crippen LogP contribution in [0.5, 0.6) is 0 Å². The summed E-state index contributed by atoms with van der Waals surface area (Å²) in [5.41, 5.74) is 7.55. The second-order valence-electron chi connectivity index (χ2n) is 6.80. The molecule has 6 nitrogen and oxygen atoms in total. The van der Waals surface area contributed by atoms with Gasteiger partial charge in [-0.05, 0) is 49.8 Å². The van der Waals surface area contributed by atoms with Gasteiger partial charge in [0.1, 0.15) is 11.9 Å². The molecule has 3 N–H and O–H groups in total. The number of nitrogens with one attached hydrogen (secondary N) is 3. The molecule has 2 atom stereocenters. The highest BCUT2D eigenvalue weighted by Crippen LogP contribution is 2.24. The molecular formula is C18H25FN4O2. The van der Waals surface area contributed by atoms with Crippen LogP contribution in [0, 0.1) is 12.7 Å². The first-order valence-electron chi connectivity index (χ1n) is 8.87. The molecule has 2 aliphatic heterocycles. The quantitative estimate of drug-likeness (QED) is 0.764. The first-order valence-corrected chi connectivity index (χ1v) is 8.87. The van der Waals surface area contributed by atoms with Crippen molar-refractivity contribution in [3.63, 3.8) is 0 Å². The first-order chi connectivity index (χ1) is 12.0. The van der Waals surface area contributed by atoms with Gasteiger partial charge in [-0.3, -0.25) is 9.59 Å². The lowest BCUT2D eigenvalue weighted by Crippen LogP contribution is -2.48. The molecule has 7 heteroatoms. The van der Waals surface area contributed by atoms with Crippen molar-refractivity contribution < 1.29 is 14.0 Å². The summed E-state index contributed by atoms with van der Waals surface area (Å²) < 4.78 is 13.4. The largest absolute Gasteiger partial charge is 0.346 e. The van der Waals surface area contributed by atoms with Gasteiger partial charge in [-0.1, -0.05) is 12.1 Å². The summed E-state index contributed by atoms with van der Waals surface area (Å²) in [5, 5.41) is 2.72. The van der Waals surface area contributed by atoms with Crippen molar-refractivity contribution >= 4 is 11.8 Å². The molecule has 25 heavy (non-hydrogen) atoms. The Morgan fingerprint density at radius 2 is 2.00 bits per heavy atom. The lowest BCUT2D eigenvalue weighted by atomic mass is 10.00. The average Bonchev–Trinajstić information content (AvgIpc) is 3.12. The Labute approximate surface area is 147 Å². The minimum Gasteiger partial charge on any atom is -0.346 e. The molecule has 2 unspecified atom stereocenters. The molecule has 0 aliphatic carbocycles. The first kappa shape index (κ1) is 17.8.